The summed E-state index contributed by atoms with van der Waals surface area (Å²) >= 11 is 0. The molecular weight excluding hydrogens is 492 g/mol. The standard InChI is InChI=1S/C37H56O3/c1-24(2)9-8-10-26(5)32-17-18-33-31-16-13-28-23-30(19-21-36(28,6)34(31)20-22-37(32,33)7)40-35(38)27-11-14-29(15-12-27)39-25(3)4/h11-12,14-15,24,26,28,30-34H,3,8-10,13,16-23H2,1-2,4-7H3/t26-,28?,30?,31?,32-,33?,34?,36+,37-/m1/s1. The topological polar surface area (TPSA) is 35.5 Å². The maximum Gasteiger partial charge on any atom is 0.338 e. The molecule has 40 heavy (non-hydrogen) atoms. The number of esters is 1. The summed E-state index contributed by atoms with van der Waals surface area (Å²) in [6, 6.07) is 7.25. The minimum atomic E-state index is -0.197. The lowest BCUT2D eigenvalue weighted by atomic mass is 9.44. The molecule has 5 unspecified atom stereocenters. The summed E-state index contributed by atoms with van der Waals surface area (Å²) in [5.74, 6) is 7.14. The summed E-state index contributed by atoms with van der Waals surface area (Å²) in [5, 5.41) is 0. The van der Waals surface area contributed by atoms with E-state index in [-0.39, 0.29) is 12.1 Å². The number of carbonyl (C=O) groups excluding carboxylic acids is 1. The van der Waals surface area contributed by atoms with E-state index < -0.39 is 0 Å². The molecule has 4 aliphatic rings. The van der Waals surface area contributed by atoms with Crippen LogP contribution in [-0.4, -0.2) is 12.1 Å². The number of ether oxygens (including phenoxy) is 2. The molecule has 0 aliphatic heterocycles. The van der Waals surface area contributed by atoms with Gasteiger partial charge in [-0.1, -0.05) is 60.5 Å². The first-order chi connectivity index (χ1) is 19.0. The molecule has 0 spiro atoms. The van der Waals surface area contributed by atoms with Crippen molar-refractivity contribution in [2.24, 2.45) is 52.3 Å². The Morgan fingerprint density at radius 3 is 2.33 bits per heavy atom. The Labute approximate surface area is 244 Å². The molecule has 1 aromatic rings. The van der Waals surface area contributed by atoms with Gasteiger partial charge in [0.1, 0.15) is 11.9 Å². The minimum absolute atomic E-state index is 0.0462. The van der Waals surface area contributed by atoms with Gasteiger partial charge in [-0.2, -0.15) is 0 Å². The molecular formula is C37H56O3. The molecule has 1 aromatic carbocycles. The summed E-state index contributed by atoms with van der Waals surface area (Å²) in [4.78, 5) is 13.0. The number of allylic oxidation sites excluding steroid dienone is 1. The second kappa shape index (κ2) is 11.8. The van der Waals surface area contributed by atoms with Crippen molar-refractivity contribution >= 4 is 5.97 Å². The first-order valence-electron chi connectivity index (χ1n) is 16.7. The Kier molecular flexibility index (Phi) is 8.80. The smallest absolute Gasteiger partial charge is 0.338 e. The zero-order valence-corrected chi connectivity index (χ0v) is 26.3. The van der Waals surface area contributed by atoms with Gasteiger partial charge in [-0.25, -0.2) is 4.79 Å². The summed E-state index contributed by atoms with van der Waals surface area (Å²) < 4.78 is 11.6. The zero-order chi connectivity index (χ0) is 28.7. The van der Waals surface area contributed by atoms with Crippen LogP contribution in [0.5, 0.6) is 5.75 Å². The van der Waals surface area contributed by atoms with Crippen molar-refractivity contribution < 1.29 is 14.3 Å². The molecule has 3 heteroatoms. The van der Waals surface area contributed by atoms with Gasteiger partial charge in [-0.05, 0) is 141 Å². The highest BCUT2D eigenvalue weighted by Gasteiger charge is 2.60. The first kappa shape index (κ1) is 29.7. The van der Waals surface area contributed by atoms with Crippen molar-refractivity contribution in [1.29, 1.82) is 0 Å². The van der Waals surface area contributed by atoms with Gasteiger partial charge in [-0.3, -0.25) is 0 Å². The van der Waals surface area contributed by atoms with Crippen LogP contribution in [0.25, 0.3) is 0 Å². The van der Waals surface area contributed by atoms with Crippen LogP contribution >= 0.6 is 0 Å². The molecule has 0 amide bonds. The minimum Gasteiger partial charge on any atom is -0.463 e. The molecule has 0 saturated heterocycles. The van der Waals surface area contributed by atoms with Crippen molar-refractivity contribution in [3.8, 4) is 5.75 Å². The molecule has 222 valence electrons. The number of hydrogen-bond donors (Lipinski definition) is 0. The van der Waals surface area contributed by atoms with Crippen molar-refractivity contribution in [2.45, 2.75) is 125 Å². The van der Waals surface area contributed by atoms with Gasteiger partial charge in [0, 0.05) is 0 Å². The lowest BCUT2D eigenvalue weighted by Gasteiger charge is -2.61. The summed E-state index contributed by atoms with van der Waals surface area (Å²) in [5.41, 5.74) is 1.57. The van der Waals surface area contributed by atoms with E-state index in [1.54, 1.807) is 12.1 Å². The summed E-state index contributed by atoms with van der Waals surface area (Å²) in [6.07, 6.45) is 16.0. The van der Waals surface area contributed by atoms with E-state index in [0.717, 1.165) is 48.3 Å². The van der Waals surface area contributed by atoms with E-state index in [1.165, 1.54) is 64.2 Å². The van der Waals surface area contributed by atoms with Gasteiger partial charge >= 0.3 is 5.97 Å². The largest absolute Gasteiger partial charge is 0.463 e. The van der Waals surface area contributed by atoms with Gasteiger partial charge in [0.15, 0.2) is 0 Å². The maximum atomic E-state index is 13.0. The fraction of sp³-hybridized carbons (Fsp3) is 0.757. The molecule has 0 radical (unpaired) electrons. The van der Waals surface area contributed by atoms with E-state index in [0.29, 0.717) is 33.8 Å². The Hall–Kier alpha value is -1.77. The van der Waals surface area contributed by atoms with Crippen LogP contribution in [0.2, 0.25) is 0 Å². The second-order valence-corrected chi connectivity index (χ2v) is 15.3. The summed E-state index contributed by atoms with van der Waals surface area (Å²) in [7, 11) is 0. The zero-order valence-electron chi connectivity index (χ0n) is 26.3. The summed E-state index contributed by atoms with van der Waals surface area (Å²) in [6.45, 7) is 18.2. The Morgan fingerprint density at radius 2 is 1.62 bits per heavy atom. The molecule has 4 saturated carbocycles. The van der Waals surface area contributed by atoms with Crippen LogP contribution in [0.15, 0.2) is 36.6 Å². The SMILES string of the molecule is C=C(C)Oc1ccc(C(=O)OC2CC[C@@]3(C)C(CCC4C3CC[C@@]3(C)C4CC[C@@H]3[C@H](C)CCCC(C)C)C2)cc1. The molecule has 3 nitrogen and oxygen atoms in total. The Balaban J connectivity index is 1.19. The molecule has 0 N–H and O–H groups in total. The van der Waals surface area contributed by atoms with Crippen LogP contribution in [0.3, 0.4) is 0 Å². The average molecular weight is 549 g/mol. The van der Waals surface area contributed by atoms with Crippen molar-refractivity contribution in [3.63, 3.8) is 0 Å². The fourth-order valence-electron chi connectivity index (χ4n) is 10.4. The molecule has 9 atom stereocenters. The van der Waals surface area contributed by atoms with Gasteiger partial charge in [0.05, 0.1) is 11.3 Å². The van der Waals surface area contributed by atoms with Crippen molar-refractivity contribution in [1.82, 2.24) is 0 Å². The Morgan fingerprint density at radius 1 is 0.925 bits per heavy atom. The Bertz CT molecular complexity index is 1040. The number of fused-ring (bicyclic) bond motifs is 5. The highest BCUT2D eigenvalue weighted by Crippen LogP contribution is 2.68. The van der Waals surface area contributed by atoms with Crippen LogP contribution in [0.1, 0.15) is 129 Å². The highest BCUT2D eigenvalue weighted by atomic mass is 16.5. The molecule has 0 aromatic heterocycles. The third-order valence-electron chi connectivity index (χ3n) is 12.5. The monoisotopic (exact) mass is 548 g/mol. The number of benzene rings is 1. The van der Waals surface area contributed by atoms with Gasteiger partial charge in [-0.15, -0.1) is 0 Å². The average Bonchev–Trinajstić information content (AvgIpc) is 3.26. The van der Waals surface area contributed by atoms with Gasteiger partial charge in [0.2, 0.25) is 0 Å². The predicted octanol–water partition coefficient (Wildman–Crippen LogP) is 10.2. The van der Waals surface area contributed by atoms with Gasteiger partial charge in [0.25, 0.3) is 0 Å². The van der Waals surface area contributed by atoms with Crippen LogP contribution in [-0.2, 0) is 4.74 Å². The predicted molar refractivity (Wildman–Crippen MR) is 164 cm³/mol. The van der Waals surface area contributed by atoms with Crippen LogP contribution in [0.4, 0.5) is 0 Å². The second-order valence-electron chi connectivity index (χ2n) is 15.3. The molecule has 5 rings (SSSR count). The number of hydrogen-bond acceptors (Lipinski definition) is 3. The van der Waals surface area contributed by atoms with E-state index in [4.69, 9.17) is 9.47 Å². The lowest BCUT2D eigenvalue weighted by Crippen LogP contribution is -2.54. The number of rotatable bonds is 9. The molecule has 0 heterocycles. The number of carbonyl (C=O) groups is 1. The molecule has 4 fully saturated rings. The first-order valence-corrected chi connectivity index (χ1v) is 16.7. The lowest BCUT2D eigenvalue weighted by molar-refractivity contribution is -0.130. The fourth-order valence-corrected chi connectivity index (χ4v) is 10.4. The van der Waals surface area contributed by atoms with Crippen LogP contribution < -0.4 is 4.74 Å². The third-order valence-corrected chi connectivity index (χ3v) is 12.5. The van der Waals surface area contributed by atoms with Crippen molar-refractivity contribution in [2.75, 3.05) is 0 Å². The highest BCUT2D eigenvalue weighted by molar-refractivity contribution is 5.89. The quantitative estimate of drug-likeness (QED) is 0.227. The van der Waals surface area contributed by atoms with Crippen LogP contribution in [0, 0.1) is 52.3 Å². The van der Waals surface area contributed by atoms with E-state index >= 15 is 0 Å². The maximum absolute atomic E-state index is 13.0. The third kappa shape index (κ3) is 5.78. The van der Waals surface area contributed by atoms with Crippen molar-refractivity contribution in [3.05, 3.63) is 42.2 Å². The molecule has 4 aliphatic carbocycles. The normalized spacial score (nSPS) is 37.7. The van der Waals surface area contributed by atoms with E-state index in [9.17, 15) is 4.79 Å². The molecule has 0 bridgehead atoms. The van der Waals surface area contributed by atoms with E-state index in [1.807, 2.05) is 19.1 Å². The van der Waals surface area contributed by atoms with Gasteiger partial charge < -0.3 is 9.47 Å². The van der Waals surface area contributed by atoms with E-state index in [2.05, 4.69) is 41.2 Å².